The van der Waals surface area contributed by atoms with Crippen molar-refractivity contribution in [3.8, 4) is 0 Å². The van der Waals surface area contributed by atoms with Crippen molar-refractivity contribution in [1.82, 2.24) is 0 Å². The monoisotopic (exact) mass is 278 g/mol. The molecule has 2 heteroatoms. The summed E-state index contributed by atoms with van der Waals surface area (Å²) in [5.74, 6) is 1.27. The predicted molar refractivity (Wildman–Crippen MR) is 82.5 cm³/mol. The molecule has 0 saturated heterocycles. The Bertz CT molecular complexity index is 402. The Labute approximate surface area is 123 Å². The number of rotatable bonds is 5. The van der Waals surface area contributed by atoms with Gasteiger partial charge in [0.2, 0.25) is 0 Å². The SMILES string of the molecule is C[C@@H](CCCC(C)(C)O)C1=CC[C@H]2C(=O)CCCC12C. The van der Waals surface area contributed by atoms with E-state index in [0.717, 1.165) is 38.5 Å². The molecule has 2 nitrogen and oxygen atoms in total. The summed E-state index contributed by atoms with van der Waals surface area (Å²) in [6.45, 7) is 8.36. The number of fused-ring (bicyclic) bond motifs is 1. The van der Waals surface area contributed by atoms with Gasteiger partial charge in [0.25, 0.3) is 0 Å². The molecule has 0 aromatic rings. The third-order valence-electron chi connectivity index (χ3n) is 5.47. The van der Waals surface area contributed by atoms with E-state index in [1.54, 1.807) is 0 Å². The first-order valence-electron chi connectivity index (χ1n) is 8.20. The average Bonchev–Trinajstić information content (AvgIpc) is 2.66. The highest BCUT2D eigenvalue weighted by molar-refractivity contribution is 5.84. The molecule has 0 aromatic carbocycles. The minimum absolute atomic E-state index is 0.128. The largest absolute Gasteiger partial charge is 0.390 e. The minimum Gasteiger partial charge on any atom is -0.390 e. The van der Waals surface area contributed by atoms with E-state index in [-0.39, 0.29) is 11.3 Å². The van der Waals surface area contributed by atoms with Crippen LogP contribution in [0.15, 0.2) is 11.6 Å². The van der Waals surface area contributed by atoms with Crippen LogP contribution in [-0.4, -0.2) is 16.5 Å². The van der Waals surface area contributed by atoms with E-state index in [2.05, 4.69) is 19.9 Å². The zero-order valence-corrected chi connectivity index (χ0v) is 13.5. The lowest BCUT2D eigenvalue weighted by Gasteiger charge is -2.40. The fourth-order valence-electron chi connectivity index (χ4n) is 4.31. The zero-order chi connectivity index (χ0) is 15.0. The summed E-state index contributed by atoms with van der Waals surface area (Å²) in [5.41, 5.74) is 1.09. The first kappa shape index (κ1) is 15.8. The molecule has 114 valence electrons. The number of aliphatic hydroxyl groups is 1. The molecule has 0 spiro atoms. The Balaban J connectivity index is 1.97. The van der Waals surface area contributed by atoms with Crippen molar-refractivity contribution in [2.75, 3.05) is 0 Å². The highest BCUT2D eigenvalue weighted by Crippen LogP contribution is 2.53. The fraction of sp³-hybridized carbons (Fsp3) is 0.833. The molecule has 0 radical (unpaired) electrons. The van der Waals surface area contributed by atoms with Gasteiger partial charge in [-0.2, -0.15) is 0 Å². The lowest BCUT2D eigenvalue weighted by molar-refractivity contribution is -0.128. The Morgan fingerprint density at radius 3 is 2.85 bits per heavy atom. The molecule has 2 rings (SSSR count). The number of Topliss-reactive ketones (excluding diaryl/α,β-unsaturated/α-hetero) is 1. The van der Waals surface area contributed by atoms with Crippen molar-refractivity contribution in [3.63, 3.8) is 0 Å². The average molecular weight is 278 g/mol. The molecule has 0 bridgehead atoms. The summed E-state index contributed by atoms with van der Waals surface area (Å²) in [4.78, 5) is 12.1. The predicted octanol–water partition coefficient (Wildman–Crippen LogP) is 4.27. The van der Waals surface area contributed by atoms with Gasteiger partial charge >= 0.3 is 0 Å². The summed E-state index contributed by atoms with van der Waals surface area (Å²) in [6.07, 6.45) is 9.34. The number of carbonyl (C=O) groups is 1. The summed E-state index contributed by atoms with van der Waals surface area (Å²) < 4.78 is 0. The van der Waals surface area contributed by atoms with Crippen LogP contribution in [0.25, 0.3) is 0 Å². The maximum Gasteiger partial charge on any atom is 0.137 e. The van der Waals surface area contributed by atoms with E-state index in [9.17, 15) is 9.90 Å². The molecular weight excluding hydrogens is 248 g/mol. The van der Waals surface area contributed by atoms with Gasteiger partial charge in [-0.05, 0) is 57.3 Å². The van der Waals surface area contributed by atoms with Crippen LogP contribution in [0.2, 0.25) is 0 Å². The normalized spacial score (nSPS) is 31.9. The van der Waals surface area contributed by atoms with Crippen molar-refractivity contribution in [2.45, 2.75) is 78.2 Å². The molecule has 1 unspecified atom stereocenters. The summed E-state index contributed by atoms with van der Waals surface area (Å²) in [6, 6.07) is 0. The molecule has 0 amide bonds. The molecule has 1 N–H and O–H groups in total. The van der Waals surface area contributed by atoms with Crippen LogP contribution in [0.4, 0.5) is 0 Å². The topological polar surface area (TPSA) is 37.3 Å². The Morgan fingerprint density at radius 2 is 2.20 bits per heavy atom. The number of carbonyl (C=O) groups excluding carboxylic acids is 1. The summed E-state index contributed by atoms with van der Waals surface area (Å²) in [7, 11) is 0. The van der Waals surface area contributed by atoms with E-state index in [1.807, 2.05) is 13.8 Å². The van der Waals surface area contributed by atoms with Gasteiger partial charge in [0.15, 0.2) is 0 Å². The fourth-order valence-corrected chi connectivity index (χ4v) is 4.31. The van der Waals surface area contributed by atoms with E-state index in [1.165, 1.54) is 12.0 Å². The van der Waals surface area contributed by atoms with E-state index >= 15 is 0 Å². The second kappa shape index (κ2) is 5.63. The zero-order valence-electron chi connectivity index (χ0n) is 13.5. The number of allylic oxidation sites excluding steroid dienone is 2. The van der Waals surface area contributed by atoms with Gasteiger partial charge < -0.3 is 5.11 Å². The van der Waals surface area contributed by atoms with Gasteiger partial charge in [0.1, 0.15) is 5.78 Å². The molecule has 2 aliphatic carbocycles. The van der Waals surface area contributed by atoms with Crippen LogP contribution < -0.4 is 0 Å². The van der Waals surface area contributed by atoms with E-state index in [4.69, 9.17) is 0 Å². The lowest BCUT2D eigenvalue weighted by atomic mass is 9.63. The van der Waals surface area contributed by atoms with Crippen molar-refractivity contribution in [1.29, 1.82) is 0 Å². The second-order valence-electron chi connectivity index (χ2n) is 7.79. The molecule has 1 saturated carbocycles. The number of hydrogen-bond acceptors (Lipinski definition) is 2. The van der Waals surface area contributed by atoms with Gasteiger partial charge in [-0.3, -0.25) is 4.79 Å². The van der Waals surface area contributed by atoms with E-state index in [0.29, 0.717) is 11.7 Å². The minimum atomic E-state index is -0.559. The molecule has 0 heterocycles. The van der Waals surface area contributed by atoms with Crippen molar-refractivity contribution in [3.05, 3.63) is 11.6 Å². The molecule has 1 fully saturated rings. The van der Waals surface area contributed by atoms with Gasteiger partial charge in [-0.15, -0.1) is 0 Å². The second-order valence-corrected chi connectivity index (χ2v) is 7.79. The summed E-state index contributed by atoms with van der Waals surface area (Å²) >= 11 is 0. The van der Waals surface area contributed by atoms with Crippen molar-refractivity contribution in [2.24, 2.45) is 17.3 Å². The molecule has 0 aliphatic heterocycles. The Morgan fingerprint density at radius 1 is 1.50 bits per heavy atom. The lowest BCUT2D eigenvalue weighted by Crippen LogP contribution is -2.36. The highest BCUT2D eigenvalue weighted by atomic mass is 16.3. The van der Waals surface area contributed by atoms with Crippen molar-refractivity contribution < 1.29 is 9.90 Å². The maximum atomic E-state index is 12.1. The smallest absolute Gasteiger partial charge is 0.137 e. The molecule has 20 heavy (non-hydrogen) atoms. The highest BCUT2D eigenvalue weighted by Gasteiger charge is 2.47. The van der Waals surface area contributed by atoms with Crippen LogP contribution in [0.3, 0.4) is 0 Å². The molecule has 2 aliphatic rings. The first-order chi connectivity index (χ1) is 9.24. The Hall–Kier alpha value is -0.630. The van der Waals surface area contributed by atoms with Gasteiger partial charge in [-0.25, -0.2) is 0 Å². The van der Waals surface area contributed by atoms with Crippen LogP contribution in [0, 0.1) is 17.3 Å². The standard InChI is InChI=1S/C18H30O2/c1-13(7-5-11-17(2,3)20)14-9-10-15-16(19)8-6-12-18(14,15)4/h9,13,15,20H,5-8,10-12H2,1-4H3/t13-,15-,18?/m0/s1. The first-order valence-corrected chi connectivity index (χ1v) is 8.20. The molecule has 3 atom stereocenters. The van der Waals surface area contributed by atoms with E-state index < -0.39 is 5.60 Å². The van der Waals surface area contributed by atoms with Crippen LogP contribution in [0.1, 0.15) is 72.6 Å². The third kappa shape index (κ3) is 3.16. The summed E-state index contributed by atoms with van der Waals surface area (Å²) in [5, 5.41) is 9.81. The van der Waals surface area contributed by atoms with Crippen LogP contribution in [0.5, 0.6) is 0 Å². The van der Waals surface area contributed by atoms with Crippen molar-refractivity contribution >= 4 is 5.78 Å². The van der Waals surface area contributed by atoms with Gasteiger partial charge in [0.05, 0.1) is 5.60 Å². The van der Waals surface area contributed by atoms with Gasteiger partial charge in [-0.1, -0.05) is 31.9 Å². The van der Waals surface area contributed by atoms with Gasteiger partial charge in [0, 0.05) is 12.3 Å². The maximum absolute atomic E-state index is 12.1. The third-order valence-corrected chi connectivity index (χ3v) is 5.47. The van der Waals surface area contributed by atoms with Crippen LogP contribution in [-0.2, 0) is 4.79 Å². The number of hydrogen-bond donors (Lipinski definition) is 1. The molecular formula is C18H30O2. The van der Waals surface area contributed by atoms with Crippen LogP contribution >= 0.6 is 0 Å². The number of ketones is 1. The molecule has 0 aromatic heterocycles. The quantitative estimate of drug-likeness (QED) is 0.763. The Kier molecular flexibility index (Phi) is 4.44.